The molecule has 0 fully saturated rings. The van der Waals surface area contributed by atoms with Crippen LogP contribution in [0.3, 0.4) is 0 Å². The van der Waals surface area contributed by atoms with Gasteiger partial charge in [0.2, 0.25) is 5.91 Å². The lowest BCUT2D eigenvalue weighted by molar-refractivity contribution is -0.139. The predicted octanol–water partition coefficient (Wildman–Crippen LogP) is 2.76. The Morgan fingerprint density at radius 1 is 1.22 bits per heavy atom. The highest BCUT2D eigenvalue weighted by Gasteiger charge is 2.34. The van der Waals surface area contributed by atoms with E-state index in [1.165, 1.54) is 14.2 Å². The van der Waals surface area contributed by atoms with Crippen molar-refractivity contribution in [2.75, 3.05) is 14.2 Å². The number of amides is 1. The van der Waals surface area contributed by atoms with Gasteiger partial charge in [-0.15, -0.1) is 0 Å². The van der Waals surface area contributed by atoms with Gasteiger partial charge in [0.25, 0.3) is 5.56 Å². The van der Waals surface area contributed by atoms with Crippen LogP contribution in [0, 0.1) is 0 Å². The molecule has 1 aromatic carbocycles. The number of ether oxygens (including phenoxy) is 2. The zero-order valence-electron chi connectivity index (χ0n) is 15.0. The van der Waals surface area contributed by atoms with Crippen molar-refractivity contribution in [2.45, 2.75) is 25.7 Å². The summed E-state index contributed by atoms with van der Waals surface area (Å²) in [4.78, 5) is 24.1. The summed E-state index contributed by atoms with van der Waals surface area (Å²) in [6.45, 7) is 1.16. The molecule has 0 saturated heterocycles. The van der Waals surface area contributed by atoms with Crippen molar-refractivity contribution < 1.29 is 27.4 Å². The van der Waals surface area contributed by atoms with Crippen LogP contribution in [0.1, 0.15) is 24.1 Å². The molecular formula is C18H19F3N2O4. The lowest BCUT2D eigenvalue weighted by atomic mass is 10.1. The fourth-order valence-corrected chi connectivity index (χ4v) is 2.57. The Morgan fingerprint density at radius 3 is 2.52 bits per heavy atom. The number of methoxy groups -OCH3 is 2. The van der Waals surface area contributed by atoms with Crippen LogP contribution >= 0.6 is 0 Å². The second-order valence-electron chi connectivity index (χ2n) is 5.75. The molecule has 1 heterocycles. The summed E-state index contributed by atoms with van der Waals surface area (Å²) < 4.78 is 49.5. The van der Waals surface area contributed by atoms with E-state index in [4.69, 9.17) is 9.47 Å². The van der Waals surface area contributed by atoms with Gasteiger partial charge in [-0.2, -0.15) is 13.2 Å². The maximum atomic E-state index is 12.8. The van der Waals surface area contributed by atoms with Crippen LogP contribution in [-0.2, 0) is 17.5 Å². The number of nitrogens with one attached hydrogen (secondary N) is 1. The normalized spacial score (nSPS) is 12.4. The van der Waals surface area contributed by atoms with Crippen LogP contribution in [0.15, 0.2) is 41.3 Å². The monoisotopic (exact) mass is 384 g/mol. The van der Waals surface area contributed by atoms with Crippen LogP contribution < -0.4 is 20.3 Å². The van der Waals surface area contributed by atoms with E-state index in [-0.39, 0.29) is 0 Å². The van der Waals surface area contributed by atoms with Gasteiger partial charge in [0.15, 0.2) is 0 Å². The zero-order chi connectivity index (χ0) is 20.2. The number of hydrogen-bond donors (Lipinski definition) is 1. The minimum absolute atomic E-state index is 0.485. The largest absolute Gasteiger partial charge is 0.497 e. The minimum atomic E-state index is -4.78. The number of carbonyl (C=O) groups excluding carboxylic acids is 1. The summed E-state index contributed by atoms with van der Waals surface area (Å²) in [5.74, 6) is 0.449. The molecule has 0 spiro atoms. The molecule has 0 aliphatic heterocycles. The zero-order valence-corrected chi connectivity index (χ0v) is 15.0. The molecule has 146 valence electrons. The molecule has 2 aromatic rings. The number of nitrogens with zero attached hydrogens (tertiary/aromatic N) is 1. The molecule has 0 aliphatic rings. The Labute approximate surface area is 153 Å². The Hall–Kier alpha value is -2.97. The summed E-state index contributed by atoms with van der Waals surface area (Å²) in [7, 11) is 2.97. The van der Waals surface area contributed by atoms with Crippen molar-refractivity contribution in [3.05, 3.63) is 58.0 Å². The number of benzene rings is 1. The number of halogens is 3. The quantitative estimate of drug-likeness (QED) is 0.832. The predicted molar refractivity (Wildman–Crippen MR) is 91.8 cm³/mol. The van der Waals surface area contributed by atoms with Gasteiger partial charge in [-0.25, -0.2) is 0 Å². The highest BCUT2D eigenvalue weighted by molar-refractivity contribution is 5.76. The third-order valence-electron chi connectivity index (χ3n) is 3.92. The van der Waals surface area contributed by atoms with Crippen molar-refractivity contribution in [1.82, 2.24) is 9.88 Å². The first-order valence-electron chi connectivity index (χ1n) is 7.95. The van der Waals surface area contributed by atoms with Crippen molar-refractivity contribution in [2.24, 2.45) is 0 Å². The van der Waals surface area contributed by atoms with Crippen molar-refractivity contribution in [3.8, 4) is 11.5 Å². The maximum Gasteiger partial charge on any atom is 0.421 e. The van der Waals surface area contributed by atoms with Gasteiger partial charge in [0, 0.05) is 17.8 Å². The van der Waals surface area contributed by atoms with Crippen molar-refractivity contribution >= 4 is 5.91 Å². The number of aromatic nitrogens is 1. The van der Waals surface area contributed by atoms with Gasteiger partial charge < -0.3 is 19.4 Å². The highest BCUT2D eigenvalue weighted by Crippen LogP contribution is 2.29. The van der Waals surface area contributed by atoms with E-state index in [9.17, 15) is 22.8 Å². The van der Waals surface area contributed by atoms with Crippen LogP contribution in [0.4, 0.5) is 13.2 Å². The molecule has 6 nitrogen and oxygen atoms in total. The van der Waals surface area contributed by atoms with Crippen LogP contribution in [0.25, 0.3) is 0 Å². The Balaban J connectivity index is 2.16. The van der Waals surface area contributed by atoms with Gasteiger partial charge in [0.1, 0.15) is 23.6 Å². The molecule has 27 heavy (non-hydrogen) atoms. The molecule has 1 unspecified atom stereocenters. The lowest BCUT2D eigenvalue weighted by Crippen LogP contribution is -2.35. The number of alkyl halides is 3. The second kappa shape index (κ2) is 8.15. The fourth-order valence-electron chi connectivity index (χ4n) is 2.57. The maximum absolute atomic E-state index is 12.8. The SMILES string of the molecule is COc1ccc(C(C)NC(=O)Cn2cccc(C(F)(F)F)c2=O)c(OC)c1. The summed E-state index contributed by atoms with van der Waals surface area (Å²) in [6, 6.07) is 6.31. The molecule has 0 saturated carbocycles. The van der Waals surface area contributed by atoms with Gasteiger partial charge in [0.05, 0.1) is 20.3 Å². The van der Waals surface area contributed by atoms with Crippen molar-refractivity contribution in [3.63, 3.8) is 0 Å². The minimum Gasteiger partial charge on any atom is -0.497 e. The smallest absolute Gasteiger partial charge is 0.421 e. The topological polar surface area (TPSA) is 69.6 Å². The molecule has 1 amide bonds. The Bertz CT molecular complexity index is 878. The number of pyridine rings is 1. The Kier molecular flexibility index (Phi) is 6.14. The van der Waals surface area contributed by atoms with Crippen LogP contribution in [-0.4, -0.2) is 24.7 Å². The Morgan fingerprint density at radius 2 is 1.93 bits per heavy atom. The fraction of sp³-hybridized carbons (Fsp3) is 0.333. The lowest BCUT2D eigenvalue weighted by Gasteiger charge is -2.18. The number of carbonyl (C=O) groups is 1. The van der Waals surface area contributed by atoms with E-state index in [1.807, 2.05) is 0 Å². The van der Waals surface area contributed by atoms with E-state index in [2.05, 4.69) is 5.32 Å². The molecule has 0 bridgehead atoms. The van der Waals surface area contributed by atoms with Crippen LogP contribution in [0.2, 0.25) is 0 Å². The summed E-state index contributed by atoms with van der Waals surface area (Å²) in [5.41, 5.74) is -1.93. The van der Waals surface area contributed by atoms with Crippen LogP contribution in [0.5, 0.6) is 11.5 Å². The molecule has 1 atom stereocenters. The van der Waals surface area contributed by atoms with Crippen molar-refractivity contribution in [1.29, 1.82) is 0 Å². The van der Waals surface area contributed by atoms with E-state index >= 15 is 0 Å². The second-order valence-corrected chi connectivity index (χ2v) is 5.75. The third kappa shape index (κ3) is 4.81. The molecule has 1 aromatic heterocycles. The molecule has 0 aliphatic carbocycles. The third-order valence-corrected chi connectivity index (χ3v) is 3.92. The molecular weight excluding hydrogens is 365 g/mol. The molecule has 0 radical (unpaired) electrons. The van der Waals surface area contributed by atoms with E-state index in [0.717, 1.165) is 16.8 Å². The summed E-state index contributed by atoms with van der Waals surface area (Å²) in [5, 5.41) is 2.64. The van der Waals surface area contributed by atoms with E-state index in [1.54, 1.807) is 25.1 Å². The highest BCUT2D eigenvalue weighted by atomic mass is 19.4. The van der Waals surface area contributed by atoms with E-state index in [0.29, 0.717) is 23.1 Å². The van der Waals surface area contributed by atoms with Gasteiger partial charge in [-0.05, 0) is 31.2 Å². The summed E-state index contributed by atoms with van der Waals surface area (Å²) >= 11 is 0. The molecule has 1 N–H and O–H groups in total. The first kappa shape index (κ1) is 20.3. The van der Waals surface area contributed by atoms with E-state index < -0.39 is 35.8 Å². The number of hydrogen-bond acceptors (Lipinski definition) is 4. The summed E-state index contributed by atoms with van der Waals surface area (Å²) in [6.07, 6.45) is -3.64. The first-order chi connectivity index (χ1) is 12.7. The standard InChI is InChI=1S/C18H19F3N2O4/c1-11(13-7-6-12(26-2)9-15(13)27-3)22-16(24)10-23-8-4-5-14(17(23)25)18(19,20)21/h4-9,11H,10H2,1-3H3,(H,22,24). The van der Waals surface area contributed by atoms with Gasteiger partial charge >= 0.3 is 6.18 Å². The molecule has 2 rings (SSSR count). The average molecular weight is 384 g/mol. The van der Waals surface area contributed by atoms with Gasteiger partial charge in [-0.1, -0.05) is 0 Å². The first-order valence-corrected chi connectivity index (χ1v) is 7.95. The number of rotatable bonds is 6. The van der Waals surface area contributed by atoms with Gasteiger partial charge in [-0.3, -0.25) is 9.59 Å². The average Bonchev–Trinajstić information content (AvgIpc) is 2.61. The molecule has 9 heteroatoms.